The van der Waals surface area contributed by atoms with E-state index in [4.69, 9.17) is 0 Å². The smallest absolute Gasteiger partial charge is 0.337 e. The maximum absolute atomic E-state index is 12.5. The van der Waals surface area contributed by atoms with E-state index in [9.17, 15) is 9.59 Å². The van der Waals surface area contributed by atoms with Crippen molar-refractivity contribution in [2.45, 2.75) is 13.5 Å². The molecule has 0 spiro atoms. The minimum Gasteiger partial charge on any atom is -0.465 e. The molecular formula is C16H17NO3S. The van der Waals surface area contributed by atoms with Crippen molar-refractivity contribution < 1.29 is 14.3 Å². The van der Waals surface area contributed by atoms with Crippen LogP contribution in [0.3, 0.4) is 0 Å². The number of benzene rings is 1. The molecule has 5 heteroatoms. The fraction of sp³-hybridized carbons (Fsp3) is 0.250. The predicted molar refractivity (Wildman–Crippen MR) is 82.5 cm³/mol. The summed E-state index contributed by atoms with van der Waals surface area (Å²) in [5.74, 6) is -0.442. The first-order valence-electron chi connectivity index (χ1n) is 6.65. The Balaban J connectivity index is 2.12. The number of rotatable bonds is 5. The fourth-order valence-electron chi connectivity index (χ4n) is 1.97. The molecule has 0 aliphatic carbocycles. The van der Waals surface area contributed by atoms with Crippen molar-refractivity contribution in [3.63, 3.8) is 0 Å². The second-order valence-corrected chi connectivity index (χ2v) is 5.50. The number of carbonyl (C=O) groups excluding carboxylic acids is 2. The summed E-state index contributed by atoms with van der Waals surface area (Å²) < 4.78 is 4.64. The van der Waals surface area contributed by atoms with E-state index in [1.807, 2.05) is 24.4 Å². The van der Waals surface area contributed by atoms with Crippen LogP contribution in [-0.4, -0.2) is 30.4 Å². The van der Waals surface area contributed by atoms with E-state index < -0.39 is 5.97 Å². The molecule has 0 atom stereocenters. The molecule has 0 bridgehead atoms. The predicted octanol–water partition coefficient (Wildman–Crippen LogP) is 3.20. The number of hydrogen-bond acceptors (Lipinski definition) is 4. The molecule has 1 amide bonds. The first kappa shape index (κ1) is 15.3. The lowest BCUT2D eigenvalue weighted by molar-refractivity contribution is 0.0599. The van der Waals surface area contributed by atoms with Gasteiger partial charge in [-0.2, -0.15) is 0 Å². The number of thiophene rings is 1. The van der Waals surface area contributed by atoms with Crippen LogP contribution >= 0.6 is 11.3 Å². The molecule has 1 aromatic heterocycles. The molecule has 0 saturated heterocycles. The van der Waals surface area contributed by atoms with Gasteiger partial charge in [0.05, 0.1) is 19.2 Å². The summed E-state index contributed by atoms with van der Waals surface area (Å²) in [6.45, 7) is 3.19. The number of amides is 1. The Kier molecular flexibility index (Phi) is 5.11. The number of methoxy groups -OCH3 is 1. The lowest BCUT2D eigenvalue weighted by Gasteiger charge is -2.20. The average Bonchev–Trinajstić information content (AvgIpc) is 3.04. The molecule has 1 aromatic carbocycles. The van der Waals surface area contributed by atoms with Crippen LogP contribution in [0.15, 0.2) is 41.8 Å². The summed E-state index contributed by atoms with van der Waals surface area (Å²) in [4.78, 5) is 26.8. The highest BCUT2D eigenvalue weighted by atomic mass is 32.1. The van der Waals surface area contributed by atoms with E-state index in [-0.39, 0.29) is 5.91 Å². The van der Waals surface area contributed by atoms with Gasteiger partial charge in [-0.15, -0.1) is 11.3 Å². The van der Waals surface area contributed by atoms with Crippen LogP contribution in [0.1, 0.15) is 32.5 Å². The SMILES string of the molecule is CCN(Cc1cccs1)C(=O)c1ccc(C(=O)OC)cc1. The molecule has 21 heavy (non-hydrogen) atoms. The second kappa shape index (κ2) is 7.04. The number of hydrogen-bond donors (Lipinski definition) is 0. The van der Waals surface area contributed by atoms with Crippen molar-refractivity contribution in [1.29, 1.82) is 0 Å². The number of ether oxygens (including phenoxy) is 1. The Hall–Kier alpha value is -2.14. The molecule has 0 fully saturated rings. The third-order valence-corrected chi connectivity index (χ3v) is 4.01. The van der Waals surface area contributed by atoms with Gasteiger partial charge in [0.1, 0.15) is 0 Å². The molecule has 0 aliphatic heterocycles. The standard InChI is InChI=1S/C16H17NO3S/c1-3-17(11-14-5-4-10-21-14)15(18)12-6-8-13(9-7-12)16(19)20-2/h4-10H,3,11H2,1-2H3. The lowest BCUT2D eigenvalue weighted by Crippen LogP contribution is -2.30. The van der Waals surface area contributed by atoms with Crippen LogP contribution in [0.4, 0.5) is 0 Å². The topological polar surface area (TPSA) is 46.6 Å². The van der Waals surface area contributed by atoms with Crippen molar-refractivity contribution in [3.05, 3.63) is 57.8 Å². The Bertz CT molecular complexity index is 605. The summed E-state index contributed by atoms with van der Waals surface area (Å²) in [6.07, 6.45) is 0. The Morgan fingerprint density at radius 1 is 1.14 bits per heavy atom. The molecular weight excluding hydrogens is 286 g/mol. The normalized spacial score (nSPS) is 10.2. The summed E-state index contributed by atoms with van der Waals surface area (Å²) in [5.41, 5.74) is 1.01. The minimum absolute atomic E-state index is 0.0395. The van der Waals surface area contributed by atoms with Crippen molar-refractivity contribution in [1.82, 2.24) is 4.90 Å². The largest absolute Gasteiger partial charge is 0.465 e. The van der Waals surface area contributed by atoms with E-state index in [1.54, 1.807) is 40.5 Å². The zero-order valence-electron chi connectivity index (χ0n) is 12.0. The van der Waals surface area contributed by atoms with Gasteiger partial charge < -0.3 is 9.64 Å². The molecule has 2 aromatic rings. The summed E-state index contributed by atoms with van der Waals surface area (Å²) in [6, 6.07) is 10.5. The highest BCUT2D eigenvalue weighted by Gasteiger charge is 2.15. The maximum atomic E-state index is 12.5. The highest BCUT2D eigenvalue weighted by Crippen LogP contribution is 2.15. The number of esters is 1. The van der Waals surface area contributed by atoms with Gasteiger partial charge in [-0.05, 0) is 42.6 Å². The number of carbonyl (C=O) groups is 2. The van der Waals surface area contributed by atoms with Gasteiger partial charge in [-0.3, -0.25) is 4.79 Å². The third kappa shape index (κ3) is 3.70. The molecule has 0 radical (unpaired) electrons. The maximum Gasteiger partial charge on any atom is 0.337 e. The van der Waals surface area contributed by atoms with Crippen molar-refractivity contribution in [2.24, 2.45) is 0 Å². The van der Waals surface area contributed by atoms with E-state index in [0.717, 1.165) is 4.88 Å². The van der Waals surface area contributed by atoms with Crippen LogP contribution in [0, 0.1) is 0 Å². The molecule has 1 heterocycles. The highest BCUT2D eigenvalue weighted by molar-refractivity contribution is 7.09. The van der Waals surface area contributed by atoms with Gasteiger partial charge in [-0.1, -0.05) is 6.07 Å². The Morgan fingerprint density at radius 2 is 1.81 bits per heavy atom. The zero-order valence-corrected chi connectivity index (χ0v) is 12.9. The fourth-order valence-corrected chi connectivity index (χ4v) is 2.69. The van der Waals surface area contributed by atoms with Crippen LogP contribution in [0.25, 0.3) is 0 Å². The first-order chi connectivity index (χ1) is 10.2. The molecule has 0 unspecified atom stereocenters. The quantitative estimate of drug-likeness (QED) is 0.797. The van der Waals surface area contributed by atoms with E-state index >= 15 is 0 Å². The summed E-state index contributed by atoms with van der Waals surface area (Å²) >= 11 is 1.63. The molecule has 2 rings (SSSR count). The monoisotopic (exact) mass is 303 g/mol. The van der Waals surface area contributed by atoms with E-state index in [2.05, 4.69) is 4.74 Å². The van der Waals surface area contributed by atoms with Crippen LogP contribution in [-0.2, 0) is 11.3 Å². The first-order valence-corrected chi connectivity index (χ1v) is 7.53. The molecule has 0 saturated carbocycles. The third-order valence-electron chi connectivity index (χ3n) is 3.15. The van der Waals surface area contributed by atoms with Gasteiger partial charge in [-0.25, -0.2) is 4.79 Å². The van der Waals surface area contributed by atoms with Gasteiger partial charge >= 0.3 is 5.97 Å². The van der Waals surface area contributed by atoms with Crippen LogP contribution in [0.5, 0.6) is 0 Å². The molecule has 0 aliphatic rings. The lowest BCUT2D eigenvalue weighted by atomic mass is 10.1. The van der Waals surface area contributed by atoms with Crippen molar-refractivity contribution >= 4 is 23.2 Å². The van der Waals surface area contributed by atoms with E-state index in [0.29, 0.717) is 24.2 Å². The van der Waals surface area contributed by atoms with Crippen molar-refractivity contribution in [2.75, 3.05) is 13.7 Å². The summed E-state index contributed by atoms with van der Waals surface area (Å²) in [5, 5.41) is 2.00. The van der Waals surface area contributed by atoms with Gasteiger partial charge in [0, 0.05) is 17.0 Å². The molecule has 4 nitrogen and oxygen atoms in total. The number of nitrogens with zero attached hydrogens (tertiary/aromatic N) is 1. The zero-order chi connectivity index (χ0) is 15.2. The summed E-state index contributed by atoms with van der Waals surface area (Å²) in [7, 11) is 1.33. The van der Waals surface area contributed by atoms with Gasteiger partial charge in [0.25, 0.3) is 5.91 Å². The average molecular weight is 303 g/mol. The minimum atomic E-state index is -0.403. The Morgan fingerprint density at radius 3 is 2.33 bits per heavy atom. The second-order valence-electron chi connectivity index (χ2n) is 4.47. The van der Waals surface area contributed by atoms with Gasteiger partial charge in [0.2, 0.25) is 0 Å². The van der Waals surface area contributed by atoms with E-state index in [1.165, 1.54) is 7.11 Å². The van der Waals surface area contributed by atoms with Crippen LogP contribution < -0.4 is 0 Å². The Labute approximate surface area is 128 Å². The molecule has 0 N–H and O–H groups in total. The van der Waals surface area contributed by atoms with Crippen LogP contribution in [0.2, 0.25) is 0 Å². The van der Waals surface area contributed by atoms with Crippen molar-refractivity contribution in [3.8, 4) is 0 Å². The van der Waals surface area contributed by atoms with Gasteiger partial charge in [0.15, 0.2) is 0 Å². The molecule has 110 valence electrons.